The highest BCUT2D eigenvalue weighted by atomic mass is 32.2. The fourth-order valence-electron chi connectivity index (χ4n) is 3.46. The molecule has 4 rings (SSSR count). The molecule has 9 heteroatoms. The Morgan fingerprint density at radius 2 is 1.75 bits per heavy atom. The predicted octanol–water partition coefficient (Wildman–Crippen LogP) is 5.54. The minimum Gasteiger partial charge on any atom is -0.497 e. The molecular weight excluding hydrogens is 494 g/mol. The number of nitrogens with one attached hydrogen (secondary N) is 1. The number of methoxy groups -OCH3 is 2. The second-order valence-electron chi connectivity index (χ2n) is 7.61. The monoisotopic (exact) mass is 519 g/mol. The van der Waals surface area contributed by atoms with Crippen LogP contribution >= 0.6 is 23.5 Å². The van der Waals surface area contributed by atoms with Gasteiger partial charge in [-0.1, -0.05) is 36.0 Å². The maximum atomic E-state index is 13.4. The molecule has 1 heterocycles. The fourth-order valence-corrected chi connectivity index (χ4v) is 4.73. The Balaban J connectivity index is 1.57. The maximum absolute atomic E-state index is 13.4. The fraction of sp³-hybridized carbons (Fsp3) is 0.148. The van der Waals surface area contributed by atoms with Crippen LogP contribution in [-0.4, -0.2) is 43.2 Å². The molecule has 1 aliphatic rings. The first kappa shape index (κ1) is 25.4. The van der Waals surface area contributed by atoms with Gasteiger partial charge in [0.2, 0.25) is 5.91 Å². The second-order valence-corrected chi connectivity index (χ2v) is 9.43. The van der Waals surface area contributed by atoms with E-state index in [1.54, 1.807) is 56.3 Å². The lowest BCUT2D eigenvalue weighted by atomic mass is 10.2. The highest BCUT2D eigenvalue weighted by Crippen LogP contribution is 2.31. The van der Waals surface area contributed by atoms with E-state index in [1.807, 2.05) is 54.8 Å². The van der Waals surface area contributed by atoms with Gasteiger partial charge in [-0.25, -0.2) is 4.99 Å². The van der Waals surface area contributed by atoms with Gasteiger partial charge in [-0.15, -0.1) is 11.8 Å². The lowest BCUT2D eigenvalue weighted by molar-refractivity contribution is -0.114. The number of ether oxygens (including phenoxy) is 2. The van der Waals surface area contributed by atoms with Crippen molar-refractivity contribution in [3.05, 3.63) is 84.1 Å². The highest BCUT2D eigenvalue weighted by molar-refractivity contribution is 8.14. The van der Waals surface area contributed by atoms with Gasteiger partial charge in [0, 0.05) is 16.6 Å². The third-order valence-electron chi connectivity index (χ3n) is 5.25. The molecule has 0 radical (unpaired) electrons. The van der Waals surface area contributed by atoms with Crippen LogP contribution < -0.4 is 19.7 Å². The van der Waals surface area contributed by atoms with Crippen molar-refractivity contribution in [2.45, 2.75) is 4.90 Å². The van der Waals surface area contributed by atoms with Crippen molar-refractivity contribution in [1.29, 1.82) is 0 Å². The molecule has 3 aromatic rings. The normalized spacial score (nSPS) is 14.1. The molecule has 0 atom stereocenters. The van der Waals surface area contributed by atoms with Crippen LogP contribution in [0.3, 0.4) is 0 Å². The Kier molecular flexibility index (Phi) is 8.35. The van der Waals surface area contributed by atoms with Gasteiger partial charge in [0.15, 0.2) is 5.17 Å². The minimum atomic E-state index is -0.283. The van der Waals surface area contributed by atoms with Gasteiger partial charge >= 0.3 is 0 Å². The molecule has 0 spiro atoms. The summed E-state index contributed by atoms with van der Waals surface area (Å²) in [4.78, 5) is 33.2. The number of rotatable bonds is 8. The molecule has 7 nitrogen and oxygen atoms in total. The predicted molar refractivity (Wildman–Crippen MR) is 148 cm³/mol. The van der Waals surface area contributed by atoms with Crippen LogP contribution in [0.1, 0.15) is 5.56 Å². The quantitative estimate of drug-likeness (QED) is 0.311. The van der Waals surface area contributed by atoms with Crippen molar-refractivity contribution in [3.8, 4) is 11.5 Å². The number of hydrogen-bond acceptors (Lipinski definition) is 7. The summed E-state index contributed by atoms with van der Waals surface area (Å²) in [7, 11) is 3.17. The summed E-state index contributed by atoms with van der Waals surface area (Å²) in [5, 5.41) is 3.33. The van der Waals surface area contributed by atoms with Crippen molar-refractivity contribution in [3.63, 3.8) is 0 Å². The molecule has 0 aliphatic carbocycles. The Hall–Kier alpha value is -3.69. The number of amidine groups is 1. The first-order chi connectivity index (χ1) is 17.5. The van der Waals surface area contributed by atoms with Crippen molar-refractivity contribution in [1.82, 2.24) is 0 Å². The zero-order valence-corrected chi connectivity index (χ0v) is 21.7. The topological polar surface area (TPSA) is 80.2 Å². The van der Waals surface area contributed by atoms with Gasteiger partial charge < -0.3 is 14.8 Å². The van der Waals surface area contributed by atoms with Gasteiger partial charge in [-0.05, 0) is 60.4 Å². The minimum absolute atomic E-state index is 0.0892. The van der Waals surface area contributed by atoms with Crippen LogP contribution in [0.2, 0.25) is 0 Å². The molecule has 1 aliphatic heterocycles. The molecule has 0 unspecified atom stereocenters. The highest BCUT2D eigenvalue weighted by Gasteiger charge is 2.32. The summed E-state index contributed by atoms with van der Waals surface area (Å²) >= 11 is 2.80. The van der Waals surface area contributed by atoms with Crippen LogP contribution in [0.25, 0.3) is 6.08 Å². The molecule has 36 heavy (non-hydrogen) atoms. The Morgan fingerprint density at radius 1 is 1.00 bits per heavy atom. The summed E-state index contributed by atoms with van der Waals surface area (Å²) in [6.45, 7) is 0. The first-order valence-corrected chi connectivity index (χ1v) is 13.2. The second kappa shape index (κ2) is 11.8. The summed E-state index contributed by atoms with van der Waals surface area (Å²) in [6.07, 6.45) is 3.70. The third kappa shape index (κ3) is 6.10. The number of hydrogen-bond donors (Lipinski definition) is 1. The maximum Gasteiger partial charge on any atom is 0.283 e. The van der Waals surface area contributed by atoms with Crippen molar-refractivity contribution in [2.24, 2.45) is 4.99 Å². The Morgan fingerprint density at radius 3 is 2.47 bits per heavy atom. The summed E-state index contributed by atoms with van der Waals surface area (Å²) in [6, 6.07) is 22.2. The lowest BCUT2D eigenvalue weighted by Gasteiger charge is -2.18. The standard InChI is InChI=1S/C27H25N3O4S2/c1-33-21-12-10-18(11-13-21)14-24-26(32)30(20-7-5-8-22(16-20)34-2)27(29-24)36-17-25(31)28-19-6-4-9-23(15-19)35-3/h4-16H,17H2,1-3H3,(H,28,31)/b24-14-. The Labute approximate surface area is 218 Å². The van der Waals surface area contributed by atoms with E-state index in [0.29, 0.717) is 16.6 Å². The van der Waals surface area contributed by atoms with Crippen molar-refractivity contribution in [2.75, 3.05) is 36.4 Å². The van der Waals surface area contributed by atoms with Crippen LogP contribution in [0.4, 0.5) is 11.4 Å². The average molecular weight is 520 g/mol. The zero-order chi connectivity index (χ0) is 25.5. The van der Waals surface area contributed by atoms with Gasteiger partial charge in [0.05, 0.1) is 25.7 Å². The molecule has 1 N–H and O–H groups in total. The number of carbonyl (C=O) groups is 2. The van der Waals surface area contributed by atoms with E-state index in [1.165, 1.54) is 16.7 Å². The van der Waals surface area contributed by atoms with Crippen LogP contribution in [0.15, 0.2) is 88.4 Å². The molecule has 0 saturated heterocycles. The number of aliphatic imine (C=N–C) groups is 1. The van der Waals surface area contributed by atoms with Crippen LogP contribution in [0.5, 0.6) is 11.5 Å². The van der Waals surface area contributed by atoms with E-state index in [-0.39, 0.29) is 23.3 Å². The molecule has 0 saturated carbocycles. The van der Waals surface area contributed by atoms with E-state index in [0.717, 1.165) is 21.9 Å². The van der Waals surface area contributed by atoms with E-state index >= 15 is 0 Å². The number of amides is 2. The van der Waals surface area contributed by atoms with Gasteiger partial charge in [-0.2, -0.15) is 0 Å². The van der Waals surface area contributed by atoms with Crippen LogP contribution in [-0.2, 0) is 9.59 Å². The first-order valence-electron chi connectivity index (χ1n) is 11.0. The molecule has 0 aromatic heterocycles. The molecule has 3 aromatic carbocycles. The van der Waals surface area contributed by atoms with E-state index in [9.17, 15) is 9.59 Å². The van der Waals surface area contributed by atoms with Gasteiger partial charge in [-0.3, -0.25) is 14.5 Å². The van der Waals surface area contributed by atoms with E-state index < -0.39 is 0 Å². The third-order valence-corrected chi connectivity index (χ3v) is 6.91. The van der Waals surface area contributed by atoms with E-state index in [2.05, 4.69) is 10.3 Å². The molecule has 2 amide bonds. The number of nitrogens with zero attached hydrogens (tertiary/aromatic N) is 2. The van der Waals surface area contributed by atoms with Crippen molar-refractivity contribution < 1.29 is 19.1 Å². The summed E-state index contributed by atoms with van der Waals surface area (Å²) in [5.74, 6) is 0.956. The Bertz CT molecular complexity index is 1320. The molecular formula is C27H25N3O4S2. The summed E-state index contributed by atoms with van der Waals surface area (Å²) in [5.41, 5.74) is 2.42. The largest absolute Gasteiger partial charge is 0.497 e. The lowest BCUT2D eigenvalue weighted by Crippen LogP contribution is -2.31. The SMILES string of the molecule is COc1ccc(/C=C2\N=C(SCC(=O)Nc3cccc(SC)c3)N(c3cccc(OC)c3)C2=O)cc1. The number of benzene rings is 3. The van der Waals surface area contributed by atoms with Gasteiger partial charge in [0.25, 0.3) is 5.91 Å². The molecule has 0 fully saturated rings. The number of carbonyl (C=O) groups excluding carboxylic acids is 2. The number of anilines is 2. The zero-order valence-electron chi connectivity index (χ0n) is 20.1. The average Bonchev–Trinajstić information content (AvgIpc) is 3.22. The summed E-state index contributed by atoms with van der Waals surface area (Å²) < 4.78 is 10.5. The van der Waals surface area contributed by atoms with E-state index in [4.69, 9.17) is 9.47 Å². The number of thioether (sulfide) groups is 2. The molecule has 184 valence electrons. The van der Waals surface area contributed by atoms with Gasteiger partial charge in [0.1, 0.15) is 17.2 Å². The van der Waals surface area contributed by atoms with Crippen LogP contribution in [0, 0.1) is 0 Å². The smallest absolute Gasteiger partial charge is 0.283 e. The van der Waals surface area contributed by atoms with Crippen molar-refractivity contribution >= 4 is 58.0 Å². The molecule has 0 bridgehead atoms.